The van der Waals surface area contributed by atoms with Gasteiger partial charge in [-0.25, -0.2) is 0 Å². The van der Waals surface area contributed by atoms with Crippen molar-refractivity contribution < 1.29 is 0 Å². The first-order chi connectivity index (χ1) is 3.00. The summed E-state index contributed by atoms with van der Waals surface area (Å²) in [6.07, 6.45) is 4.62. The van der Waals surface area contributed by atoms with Crippen LogP contribution in [0.2, 0.25) is 10.6 Å². The van der Waals surface area contributed by atoms with Gasteiger partial charge in [0.25, 0.3) is 0 Å². The van der Waals surface area contributed by atoms with Gasteiger partial charge in [0.15, 0.2) is 0 Å². The molecular formula is C4H6Se2. The second-order valence-electron chi connectivity index (χ2n) is 1.04. The fraction of sp³-hybridized carbons (Fsp3) is 0.500. The summed E-state index contributed by atoms with van der Waals surface area (Å²) < 4.78 is 0. The van der Waals surface area contributed by atoms with Gasteiger partial charge in [0.1, 0.15) is 0 Å². The van der Waals surface area contributed by atoms with Gasteiger partial charge in [-0.1, -0.05) is 0 Å². The van der Waals surface area contributed by atoms with Crippen LogP contribution in [0.3, 0.4) is 0 Å². The topological polar surface area (TPSA) is 0 Å². The van der Waals surface area contributed by atoms with Crippen molar-refractivity contribution >= 4 is 26.3 Å². The molecule has 2 heteroatoms. The first kappa shape index (κ1) is 4.93. The molecule has 0 saturated heterocycles. The van der Waals surface area contributed by atoms with Gasteiger partial charge in [0.2, 0.25) is 0 Å². The van der Waals surface area contributed by atoms with Crippen molar-refractivity contribution in [3.63, 3.8) is 0 Å². The van der Waals surface area contributed by atoms with E-state index in [2.05, 4.69) is 12.2 Å². The van der Waals surface area contributed by atoms with Crippen LogP contribution in [0.5, 0.6) is 0 Å². The minimum absolute atomic E-state index is 1.03. The maximum absolute atomic E-state index is 2.31. The molecule has 0 fully saturated rings. The molecule has 34 valence electrons. The minimum atomic E-state index is 1.03. The van der Waals surface area contributed by atoms with Crippen LogP contribution in [0, 0.1) is 0 Å². The van der Waals surface area contributed by atoms with Gasteiger partial charge in [-0.15, -0.1) is 0 Å². The van der Waals surface area contributed by atoms with Crippen LogP contribution in [0.25, 0.3) is 0 Å². The van der Waals surface area contributed by atoms with E-state index < -0.39 is 0 Å². The van der Waals surface area contributed by atoms with E-state index in [0.29, 0.717) is 0 Å². The van der Waals surface area contributed by atoms with Gasteiger partial charge in [-0.3, -0.25) is 0 Å². The molecule has 0 saturated carbocycles. The van der Waals surface area contributed by atoms with Gasteiger partial charge in [0, 0.05) is 0 Å². The van der Waals surface area contributed by atoms with Crippen molar-refractivity contribution in [3.8, 4) is 0 Å². The van der Waals surface area contributed by atoms with Crippen LogP contribution in [0.1, 0.15) is 0 Å². The molecule has 0 aromatic rings. The molecule has 0 aliphatic carbocycles. The zero-order valence-electron chi connectivity index (χ0n) is 3.39. The van der Waals surface area contributed by atoms with Crippen molar-refractivity contribution in [2.45, 2.75) is 10.6 Å². The molecule has 0 spiro atoms. The Hall–Kier alpha value is 0.779. The fourth-order valence-corrected chi connectivity index (χ4v) is 5.43. The molecule has 0 nitrogen and oxygen atoms in total. The van der Waals surface area contributed by atoms with E-state index in [0.717, 1.165) is 26.3 Å². The van der Waals surface area contributed by atoms with Crippen LogP contribution in [-0.2, 0) is 0 Å². The van der Waals surface area contributed by atoms with Crippen LogP contribution in [-0.4, -0.2) is 26.3 Å². The summed E-state index contributed by atoms with van der Waals surface area (Å²) in [5.74, 6) is 0. The van der Waals surface area contributed by atoms with E-state index in [-0.39, 0.29) is 0 Å². The Labute approximate surface area is 49.3 Å². The predicted octanol–water partition coefficient (Wildman–Crippen LogP) is 0.716. The third-order valence-corrected chi connectivity index (χ3v) is 7.09. The molecule has 0 unspecified atom stereocenters. The third-order valence-electron chi connectivity index (χ3n) is 0.579. The summed E-state index contributed by atoms with van der Waals surface area (Å²) in [4.78, 5) is 0. The van der Waals surface area contributed by atoms with Crippen LogP contribution < -0.4 is 0 Å². The molecule has 0 atom stereocenters. The quantitative estimate of drug-likeness (QED) is 0.410. The van der Waals surface area contributed by atoms with Gasteiger partial charge in [-0.2, -0.15) is 0 Å². The zero-order valence-corrected chi connectivity index (χ0v) is 6.81. The fourth-order valence-electron chi connectivity index (χ4n) is 0.311. The number of hydrogen-bond donors (Lipinski definition) is 0. The summed E-state index contributed by atoms with van der Waals surface area (Å²) in [6.45, 7) is 0. The molecule has 0 aromatic heterocycles. The summed E-state index contributed by atoms with van der Waals surface area (Å²) in [5.41, 5.74) is 0. The molecule has 0 amide bonds. The van der Waals surface area contributed by atoms with Crippen molar-refractivity contribution in [1.82, 2.24) is 0 Å². The molecule has 1 heterocycles. The first-order valence-corrected chi connectivity index (χ1v) is 8.65. The number of allylic oxidation sites excluding steroid dienone is 2. The van der Waals surface area contributed by atoms with Crippen LogP contribution in [0.15, 0.2) is 12.2 Å². The molecular weight excluding hydrogens is 206 g/mol. The van der Waals surface area contributed by atoms with Gasteiger partial charge in [-0.05, 0) is 0 Å². The SMILES string of the molecule is C1=CC[Se][Se]C1. The zero-order chi connectivity index (χ0) is 4.24. The molecule has 0 aromatic carbocycles. The monoisotopic (exact) mass is 214 g/mol. The second-order valence-corrected chi connectivity index (χ2v) is 8.57. The Kier molecular flexibility index (Phi) is 2.36. The molecule has 1 aliphatic rings. The summed E-state index contributed by atoms with van der Waals surface area (Å²) in [7, 11) is 0. The first-order valence-electron chi connectivity index (χ1n) is 1.89. The van der Waals surface area contributed by atoms with Gasteiger partial charge < -0.3 is 0 Å². The van der Waals surface area contributed by atoms with Crippen molar-refractivity contribution in [2.24, 2.45) is 0 Å². The summed E-state index contributed by atoms with van der Waals surface area (Å²) in [6, 6.07) is 0. The molecule has 1 rings (SSSR count). The normalized spacial score (nSPS) is 21.3. The van der Waals surface area contributed by atoms with E-state index >= 15 is 0 Å². The average molecular weight is 212 g/mol. The van der Waals surface area contributed by atoms with Crippen LogP contribution >= 0.6 is 0 Å². The number of rotatable bonds is 0. The molecule has 6 heavy (non-hydrogen) atoms. The third kappa shape index (κ3) is 1.49. The Morgan fingerprint density at radius 3 is 1.67 bits per heavy atom. The van der Waals surface area contributed by atoms with E-state index in [1.54, 1.807) is 0 Å². The Morgan fingerprint density at radius 1 is 1.00 bits per heavy atom. The number of hydrogen-bond acceptors (Lipinski definition) is 0. The van der Waals surface area contributed by atoms with Crippen molar-refractivity contribution in [1.29, 1.82) is 0 Å². The van der Waals surface area contributed by atoms with Gasteiger partial charge in [0.05, 0.1) is 0 Å². The average Bonchev–Trinajstić information content (AvgIpc) is 1.72. The van der Waals surface area contributed by atoms with E-state index in [4.69, 9.17) is 0 Å². The molecule has 0 bridgehead atoms. The van der Waals surface area contributed by atoms with Crippen molar-refractivity contribution in [2.75, 3.05) is 0 Å². The van der Waals surface area contributed by atoms with E-state index in [1.165, 1.54) is 10.6 Å². The Morgan fingerprint density at radius 2 is 1.50 bits per heavy atom. The Bertz CT molecular complexity index is 50.6. The van der Waals surface area contributed by atoms with Crippen LogP contribution in [0.4, 0.5) is 0 Å². The second kappa shape index (κ2) is 2.87. The summed E-state index contributed by atoms with van der Waals surface area (Å²) in [5, 5.41) is 2.82. The van der Waals surface area contributed by atoms with E-state index in [9.17, 15) is 0 Å². The predicted molar refractivity (Wildman–Crippen MR) is 30.3 cm³/mol. The van der Waals surface area contributed by atoms with E-state index in [1.807, 2.05) is 0 Å². The summed E-state index contributed by atoms with van der Waals surface area (Å²) >= 11 is 2.06. The standard InChI is InChI=1S/C4H6Se2/c1-2-4-6-5-3-1/h1-2H,3-4H2. The maximum atomic E-state index is 2.31. The Balaban J connectivity index is 2.26. The van der Waals surface area contributed by atoms with Gasteiger partial charge >= 0.3 is 49.1 Å². The molecule has 0 radical (unpaired) electrons. The molecule has 0 N–H and O–H groups in total. The molecule has 1 aliphatic heterocycles. The van der Waals surface area contributed by atoms with Crippen molar-refractivity contribution in [3.05, 3.63) is 12.2 Å².